The second-order valence-electron chi connectivity index (χ2n) is 6.91. The molecule has 0 radical (unpaired) electrons. The molecule has 5 nitrogen and oxygen atoms in total. The number of benzene rings is 3. The zero-order valence-electron chi connectivity index (χ0n) is 16.7. The van der Waals surface area contributed by atoms with E-state index in [0.717, 1.165) is 11.1 Å². The molecule has 1 atom stereocenters. The van der Waals surface area contributed by atoms with Crippen molar-refractivity contribution in [2.24, 2.45) is 0 Å². The highest BCUT2D eigenvalue weighted by atomic mass is 16.5. The molecule has 1 unspecified atom stereocenters. The van der Waals surface area contributed by atoms with Crippen molar-refractivity contribution >= 4 is 11.9 Å². The first-order valence-corrected chi connectivity index (χ1v) is 9.64. The molecule has 0 heterocycles. The van der Waals surface area contributed by atoms with Crippen LogP contribution in [0.15, 0.2) is 84.9 Å². The van der Waals surface area contributed by atoms with Crippen molar-refractivity contribution in [3.8, 4) is 6.07 Å². The van der Waals surface area contributed by atoms with Crippen LogP contribution in [0.25, 0.3) is 0 Å². The van der Waals surface area contributed by atoms with Crippen LogP contribution in [0, 0.1) is 11.3 Å². The molecule has 3 aromatic rings. The number of esters is 1. The number of carbonyl (C=O) groups excluding carboxylic acids is 2. The quantitative estimate of drug-likeness (QED) is 0.556. The third-order valence-electron chi connectivity index (χ3n) is 4.60. The Bertz CT molecular complexity index is 1000. The number of amides is 1. The first kappa shape index (κ1) is 20.8. The van der Waals surface area contributed by atoms with Crippen LogP contribution in [0.1, 0.15) is 34.0 Å². The van der Waals surface area contributed by atoms with Gasteiger partial charge in [0.2, 0.25) is 0 Å². The molecule has 0 aromatic heterocycles. The molecule has 0 aliphatic rings. The van der Waals surface area contributed by atoms with Crippen LogP contribution in [0.3, 0.4) is 0 Å². The monoisotopic (exact) mass is 398 g/mol. The topological polar surface area (TPSA) is 70.4 Å². The summed E-state index contributed by atoms with van der Waals surface area (Å²) in [7, 11) is 0. The summed E-state index contributed by atoms with van der Waals surface area (Å²) in [4.78, 5) is 27.3. The maximum absolute atomic E-state index is 13.1. The lowest BCUT2D eigenvalue weighted by Gasteiger charge is -2.26. The zero-order chi connectivity index (χ0) is 21.3. The van der Waals surface area contributed by atoms with Gasteiger partial charge in [-0.2, -0.15) is 5.26 Å². The molecule has 3 rings (SSSR count). The van der Waals surface area contributed by atoms with E-state index in [1.165, 1.54) is 6.07 Å². The van der Waals surface area contributed by atoms with Crippen molar-refractivity contribution in [1.82, 2.24) is 4.90 Å². The molecule has 0 N–H and O–H groups in total. The fourth-order valence-electron chi connectivity index (χ4n) is 3.07. The van der Waals surface area contributed by atoms with Crippen LogP contribution in [0.2, 0.25) is 0 Å². The minimum Gasteiger partial charge on any atom is -0.449 e. The molecule has 3 aromatic carbocycles. The minimum absolute atomic E-state index is 0.242. The summed E-state index contributed by atoms with van der Waals surface area (Å²) in [6.07, 6.45) is -0.962. The van der Waals surface area contributed by atoms with E-state index in [1.807, 2.05) is 66.7 Å². The summed E-state index contributed by atoms with van der Waals surface area (Å²) in [6, 6.07) is 27.6. The van der Waals surface area contributed by atoms with Gasteiger partial charge in [0.05, 0.1) is 17.2 Å². The number of nitriles is 1. The summed E-state index contributed by atoms with van der Waals surface area (Å²) in [5.74, 6) is -0.917. The van der Waals surface area contributed by atoms with Gasteiger partial charge in [0.15, 0.2) is 6.10 Å². The largest absolute Gasteiger partial charge is 0.449 e. The van der Waals surface area contributed by atoms with E-state index >= 15 is 0 Å². The average Bonchev–Trinajstić information content (AvgIpc) is 2.79. The third kappa shape index (κ3) is 5.55. The molecule has 5 heteroatoms. The molecule has 0 aliphatic heterocycles. The Morgan fingerprint density at radius 3 is 2.00 bits per heavy atom. The molecule has 0 spiro atoms. The van der Waals surface area contributed by atoms with E-state index in [4.69, 9.17) is 10.00 Å². The van der Waals surface area contributed by atoms with E-state index < -0.39 is 12.1 Å². The summed E-state index contributed by atoms with van der Waals surface area (Å²) in [5.41, 5.74) is 2.58. The van der Waals surface area contributed by atoms with Crippen molar-refractivity contribution in [2.75, 3.05) is 0 Å². The van der Waals surface area contributed by atoms with Gasteiger partial charge in [0.25, 0.3) is 5.91 Å². The second kappa shape index (κ2) is 10.0. The molecule has 30 heavy (non-hydrogen) atoms. The van der Waals surface area contributed by atoms with Gasteiger partial charge in [-0.25, -0.2) is 4.79 Å². The average molecular weight is 398 g/mol. The van der Waals surface area contributed by atoms with Gasteiger partial charge >= 0.3 is 5.97 Å². The lowest BCUT2D eigenvalue weighted by atomic mass is 10.1. The minimum atomic E-state index is -0.962. The third-order valence-corrected chi connectivity index (χ3v) is 4.60. The van der Waals surface area contributed by atoms with Crippen LogP contribution < -0.4 is 0 Å². The molecule has 0 saturated carbocycles. The number of hydrogen-bond donors (Lipinski definition) is 0. The van der Waals surface area contributed by atoms with Gasteiger partial charge in [-0.3, -0.25) is 4.79 Å². The van der Waals surface area contributed by atoms with Crippen molar-refractivity contribution in [2.45, 2.75) is 26.1 Å². The van der Waals surface area contributed by atoms with E-state index in [9.17, 15) is 9.59 Å². The van der Waals surface area contributed by atoms with E-state index in [2.05, 4.69) is 0 Å². The fraction of sp³-hybridized carbons (Fsp3) is 0.160. The Balaban J connectivity index is 1.75. The van der Waals surface area contributed by atoms with Crippen molar-refractivity contribution < 1.29 is 14.3 Å². The smallest absolute Gasteiger partial charge is 0.338 e. The molecule has 1 amide bonds. The van der Waals surface area contributed by atoms with Gasteiger partial charge in [0, 0.05) is 13.1 Å². The first-order chi connectivity index (χ1) is 14.6. The summed E-state index contributed by atoms with van der Waals surface area (Å²) >= 11 is 0. The summed E-state index contributed by atoms with van der Waals surface area (Å²) in [5, 5.41) is 9.00. The summed E-state index contributed by atoms with van der Waals surface area (Å²) < 4.78 is 5.41. The Labute approximate surface area is 176 Å². The number of rotatable bonds is 7. The van der Waals surface area contributed by atoms with Crippen LogP contribution in [-0.2, 0) is 22.6 Å². The number of carbonyl (C=O) groups is 2. The van der Waals surface area contributed by atoms with Crippen molar-refractivity contribution in [1.29, 1.82) is 5.26 Å². The van der Waals surface area contributed by atoms with E-state index in [-0.39, 0.29) is 11.5 Å². The predicted octanol–water partition coefficient (Wildman–Crippen LogP) is 4.33. The molecular weight excluding hydrogens is 376 g/mol. The SMILES string of the molecule is CC(OC(=O)c1cccc(C#N)c1)C(=O)N(Cc1ccccc1)Cc1ccccc1. The molecule has 150 valence electrons. The van der Waals surface area contributed by atoms with Crippen LogP contribution >= 0.6 is 0 Å². The highest BCUT2D eigenvalue weighted by molar-refractivity contribution is 5.92. The molecule has 0 bridgehead atoms. The lowest BCUT2D eigenvalue weighted by molar-refractivity contribution is -0.141. The number of hydrogen-bond acceptors (Lipinski definition) is 4. The van der Waals surface area contributed by atoms with Crippen LogP contribution in [-0.4, -0.2) is 22.9 Å². The Morgan fingerprint density at radius 2 is 1.47 bits per heavy atom. The fourth-order valence-corrected chi connectivity index (χ4v) is 3.07. The highest BCUT2D eigenvalue weighted by Gasteiger charge is 2.25. The standard InChI is InChI=1S/C25H22N2O3/c1-19(30-25(29)23-14-8-13-22(15-23)16-26)24(28)27(17-20-9-4-2-5-10-20)18-21-11-6-3-7-12-21/h2-15,19H,17-18H2,1H3. The maximum Gasteiger partial charge on any atom is 0.338 e. The Hall–Kier alpha value is -3.91. The van der Waals surface area contributed by atoms with Crippen molar-refractivity contribution in [3.05, 3.63) is 107 Å². The van der Waals surface area contributed by atoms with Gasteiger partial charge in [0.1, 0.15) is 0 Å². The molecule has 0 aliphatic carbocycles. The lowest BCUT2D eigenvalue weighted by Crippen LogP contribution is -2.39. The maximum atomic E-state index is 13.1. The Morgan fingerprint density at radius 1 is 0.900 bits per heavy atom. The van der Waals surface area contributed by atoms with Gasteiger partial charge in [-0.15, -0.1) is 0 Å². The van der Waals surface area contributed by atoms with Crippen LogP contribution in [0.5, 0.6) is 0 Å². The predicted molar refractivity (Wildman–Crippen MR) is 113 cm³/mol. The summed E-state index contributed by atoms with van der Waals surface area (Å²) in [6.45, 7) is 2.37. The molecule has 0 fully saturated rings. The number of nitrogens with zero attached hydrogens (tertiary/aromatic N) is 2. The number of ether oxygens (including phenoxy) is 1. The van der Waals surface area contributed by atoms with Crippen LogP contribution in [0.4, 0.5) is 0 Å². The van der Waals surface area contributed by atoms with Gasteiger partial charge in [-0.1, -0.05) is 66.7 Å². The molecular formula is C25H22N2O3. The molecule has 0 saturated heterocycles. The van der Waals surface area contributed by atoms with E-state index in [0.29, 0.717) is 18.7 Å². The Kier molecular flexibility index (Phi) is 6.96. The van der Waals surface area contributed by atoms with Gasteiger partial charge < -0.3 is 9.64 Å². The second-order valence-corrected chi connectivity index (χ2v) is 6.91. The van der Waals surface area contributed by atoms with E-state index in [1.54, 1.807) is 30.0 Å². The van der Waals surface area contributed by atoms with Crippen molar-refractivity contribution in [3.63, 3.8) is 0 Å². The first-order valence-electron chi connectivity index (χ1n) is 9.64. The highest BCUT2D eigenvalue weighted by Crippen LogP contribution is 2.14. The zero-order valence-corrected chi connectivity index (χ0v) is 16.7. The normalized spacial score (nSPS) is 11.2. The van der Waals surface area contributed by atoms with Gasteiger partial charge in [-0.05, 0) is 36.2 Å².